The monoisotopic (exact) mass is 362 g/mol. The van der Waals surface area contributed by atoms with E-state index in [2.05, 4.69) is 37.5 Å². The molecule has 7 heteroatoms. The number of hydrogen-bond acceptors (Lipinski definition) is 5. The van der Waals surface area contributed by atoms with Crippen LogP contribution in [0, 0.1) is 0 Å². The van der Waals surface area contributed by atoms with Crippen molar-refractivity contribution in [3.63, 3.8) is 0 Å². The summed E-state index contributed by atoms with van der Waals surface area (Å²) in [5.74, 6) is 0.632. The molecule has 0 radical (unpaired) electrons. The molecule has 0 spiro atoms. The largest absolute Gasteiger partial charge is 0.390 e. The average Bonchev–Trinajstić information content (AvgIpc) is 3.29. The van der Waals surface area contributed by atoms with Crippen LogP contribution in [0.1, 0.15) is 32.6 Å². The second-order valence-corrected chi connectivity index (χ2v) is 7.68. The van der Waals surface area contributed by atoms with Crippen LogP contribution in [0.15, 0.2) is 43.1 Å². The number of rotatable bonds is 3. The Hall–Kier alpha value is -2.93. The molecule has 1 fully saturated rings. The van der Waals surface area contributed by atoms with Crippen molar-refractivity contribution in [2.45, 2.75) is 44.2 Å². The Morgan fingerprint density at radius 1 is 1.26 bits per heavy atom. The number of nitrogens with one attached hydrogen (secondary N) is 2. The summed E-state index contributed by atoms with van der Waals surface area (Å²) in [5.41, 5.74) is 3.36. The molecule has 0 bridgehead atoms. The van der Waals surface area contributed by atoms with Crippen molar-refractivity contribution in [2.75, 3.05) is 5.32 Å². The first-order valence-electron chi connectivity index (χ1n) is 9.34. The number of nitrogens with zero attached hydrogens (tertiary/aromatic N) is 4. The first-order chi connectivity index (χ1) is 13.1. The summed E-state index contributed by atoms with van der Waals surface area (Å²) in [6.07, 6.45) is 13.1. The molecule has 0 amide bonds. The van der Waals surface area contributed by atoms with E-state index in [9.17, 15) is 5.11 Å². The number of fused-ring (bicyclic) bond motifs is 2. The van der Waals surface area contributed by atoms with Crippen molar-refractivity contribution in [1.29, 1.82) is 0 Å². The Morgan fingerprint density at radius 2 is 2.11 bits per heavy atom. The minimum Gasteiger partial charge on any atom is -0.390 e. The lowest BCUT2D eigenvalue weighted by atomic mass is 9.84. The molecule has 138 valence electrons. The van der Waals surface area contributed by atoms with E-state index in [1.807, 2.05) is 36.0 Å². The predicted molar refractivity (Wildman–Crippen MR) is 105 cm³/mol. The average molecular weight is 362 g/mol. The number of aliphatic hydroxyl groups is 1. The van der Waals surface area contributed by atoms with Crippen LogP contribution in [-0.2, 0) is 0 Å². The van der Waals surface area contributed by atoms with E-state index in [-0.39, 0.29) is 0 Å². The zero-order chi connectivity index (χ0) is 18.4. The fourth-order valence-corrected chi connectivity index (χ4v) is 3.86. The first kappa shape index (κ1) is 16.3. The van der Waals surface area contributed by atoms with Gasteiger partial charge in [-0.15, -0.1) is 0 Å². The maximum absolute atomic E-state index is 10.1. The van der Waals surface area contributed by atoms with Crippen molar-refractivity contribution in [3.8, 4) is 11.1 Å². The van der Waals surface area contributed by atoms with Crippen LogP contribution in [0.3, 0.4) is 0 Å². The number of aromatic amines is 1. The third-order valence-electron chi connectivity index (χ3n) is 5.53. The fourth-order valence-electron chi connectivity index (χ4n) is 3.86. The molecule has 1 aliphatic rings. The van der Waals surface area contributed by atoms with Gasteiger partial charge in [-0.1, -0.05) is 0 Å². The summed E-state index contributed by atoms with van der Waals surface area (Å²) >= 11 is 0. The Morgan fingerprint density at radius 3 is 2.96 bits per heavy atom. The summed E-state index contributed by atoms with van der Waals surface area (Å²) in [7, 11) is 0. The molecule has 0 atom stereocenters. The third kappa shape index (κ3) is 3.04. The van der Waals surface area contributed by atoms with E-state index in [0.717, 1.165) is 53.5 Å². The summed E-state index contributed by atoms with van der Waals surface area (Å²) in [6.45, 7) is 1.91. The van der Waals surface area contributed by atoms with Gasteiger partial charge in [-0.05, 0) is 44.7 Å². The number of hydrogen-bond donors (Lipinski definition) is 3. The molecule has 0 unspecified atom stereocenters. The number of H-pyrrole nitrogens is 1. The molecule has 0 aromatic carbocycles. The predicted octanol–water partition coefficient (Wildman–Crippen LogP) is 3.38. The number of imidazole rings is 1. The molecule has 0 aliphatic heterocycles. The van der Waals surface area contributed by atoms with Crippen LogP contribution >= 0.6 is 0 Å². The number of anilines is 1. The van der Waals surface area contributed by atoms with Crippen molar-refractivity contribution in [1.82, 2.24) is 24.3 Å². The van der Waals surface area contributed by atoms with Crippen LogP contribution in [0.2, 0.25) is 0 Å². The van der Waals surface area contributed by atoms with Gasteiger partial charge >= 0.3 is 0 Å². The highest BCUT2D eigenvalue weighted by Crippen LogP contribution is 2.30. The lowest BCUT2D eigenvalue weighted by molar-refractivity contribution is 0.0196. The molecule has 4 aromatic heterocycles. The minimum atomic E-state index is -0.534. The lowest BCUT2D eigenvalue weighted by Crippen LogP contribution is -2.36. The van der Waals surface area contributed by atoms with Gasteiger partial charge in [0.05, 0.1) is 5.60 Å². The molecule has 7 nitrogen and oxygen atoms in total. The second kappa shape index (κ2) is 6.06. The Labute approximate surface area is 156 Å². The maximum Gasteiger partial charge on any atom is 0.224 e. The van der Waals surface area contributed by atoms with E-state index in [0.29, 0.717) is 12.0 Å². The summed E-state index contributed by atoms with van der Waals surface area (Å²) in [4.78, 5) is 16.7. The van der Waals surface area contributed by atoms with Gasteiger partial charge in [0.25, 0.3) is 0 Å². The van der Waals surface area contributed by atoms with E-state index < -0.39 is 5.60 Å². The smallest absolute Gasteiger partial charge is 0.224 e. The van der Waals surface area contributed by atoms with E-state index >= 15 is 0 Å². The summed E-state index contributed by atoms with van der Waals surface area (Å²) in [6, 6.07) is 4.37. The van der Waals surface area contributed by atoms with Crippen molar-refractivity contribution in [2.24, 2.45) is 0 Å². The third-order valence-corrected chi connectivity index (χ3v) is 5.53. The highest BCUT2D eigenvalue weighted by atomic mass is 16.3. The Bertz CT molecular complexity index is 1100. The van der Waals surface area contributed by atoms with Crippen LogP contribution in [0.4, 0.5) is 5.95 Å². The zero-order valence-electron chi connectivity index (χ0n) is 15.2. The molecule has 0 saturated heterocycles. The van der Waals surface area contributed by atoms with Gasteiger partial charge in [0.15, 0.2) is 0 Å². The van der Waals surface area contributed by atoms with Crippen LogP contribution in [0.5, 0.6) is 0 Å². The minimum absolute atomic E-state index is 0.306. The highest BCUT2D eigenvalue weighted by Gasteiger charge is 2.28. The SMILES string of the molecule is C[C@]1(O)CC[C@H](Nc2ncc3c(-c4ccc5nccn5c4)c[nH]c3n2)CC1. The van der Waals surface area contributed by atoms with Gasteiger partial charge in [-0.3, -0.25) is 0 Å². The topological polar surface area (TPSA) is 91.1 Å². The van der Waals surface area contributed by atoms with Crippen LogP contribution < -0.4 is 5.32 Å². The van der Waals surface area contributed by atoms with Crippen molar-refractivity contribution in [3.05, 3.63) is 43.1 Å². The first-order valence-corrected chi connectivity index (χ1v) is 9.34. The van der Waals surface area contributed by atoms with Crippen molar-refractivity contribution < 1.29 is 5.11 Å². The van der Waals surface area contributed by atoms with E-state index in [4.69, 9.17) is 0 Å². The van der Waals surface area contributed by atoms with Gasteiger partial charge in [-0.2, -0.15) is 4.98 Å². The maximum atomic E-state index is 10.1. The van der Waals surface area contributed by atoms with Crippen molar-refractivity contribution >= 4 is 22.6 Å². The van der Waals surface area contributed by atoms with Crippen LogP contribution in [0.25, 0.3) is 27.8 Å². The Kier molecular flexibility index (Phi) is 3.65. The molecule has 4 aromatic rings. The molecule has 5 rings (SSSR count). The lowest BCUT2D eigenvalue weighted by Gasteiger charge is -2.33. The quantitative estimate of drug-likeness (QED) is 0.520. The summed E-state index contributed by atoms with van der Waals surface area (Å²) in [5, 5.41) is 14.5. The van der Waals surface area contributed by atoms with Gasteiger partial charge in [0.2, 0.25) is 5.95 Å². The molecule has 27 heavy (non-hydrogen) atoms. The Balaban J connectivity index is 1.41. The molecule has 4 heterocycles. The van der Waals surface area contributed by atoms with Gasteiger partial charge in [0, 0.05) is 53.5 Å². The van der Waals surface area contributed by atoms with Gasteiger partial charge < -0.3 is 19.8 Å². The van der Waals surface area contributed by atoms with E-state index in [1.165, 1.54) is 0 Å². The van der Waals surface area contributed by atoms with Crippen LogP contribution in [-0.4, -0.2) is 41.1 Å². The molecular formula is C20H22N6O. The standard InChI is InChI=1S/C20H22N6O/c1-20(27)6-4-14(5-7-20)24-19-23-11-16-15(10-22-18(16)25-19)13-2-3-17-21-8-9-26(17)12-13/h2-3,8-12,14,27H,4-7H2,1H3,(H2,22,23,24,25)/t14-,20-. The highest BCUT2D eigenvalue weighted by molar-refractivity contribution is 5.93. The summed E-state index contributed by atoms with van der Waals surface area (Å²) < 4.78 is 2.00. The fraction of sp³-hybridized carbons (Fsp3) is 0.350. The normalized spacial score (nSPS) is 23.1. The van der Waals surface area contributed by atoms with Gasteiger partial charge in [0.1, 0.15) is 11.3 Å². The number of pyridine rings is 1. The van der Waals surface area contributed by atoms with E-state index in [1.54, 1.807) is 6.20 Å². The molecule has 1 saturated carbocycles. The molecular weight excluding hydrogens is 340 g/mol. The molecule has 3 N–H and O–H groups in total. The zero-order valence-corrected chi connectivity index (χ0v) is 15.2. The second-order valence-electron chi connectivity index (χ2n) is 7.68. The number of aromatic nitrogens is 5. The van der Waals surface area contributed by atoms with Gasteiger partial charge in [-0.25, -0.2) is 9.97 Å². The molecule has 1 aliphatic carbocycles.